The minimum atomic E-state index is -0.810. The van der Waals surface area contributed by atoms with Crippen LogP contribution in [0.5, 0.6) is 0 Å². The number of carbonyl (C=O) groups is 3. The number of esters is 3. The van der Waals surface area contributed by atoms with Gasteiger partial charge in [0.2, 0.25) is 0 Å². The molecule has 0 radical (unpaired) electrons. The molecule has 394 valence electrons. The van der Waals surface area contributed by atoms with Crippen LogP contribution < -0.4 is 0 Å². The average Bonchev–Trinajstić information content (AvgIpc) is 4.26. The van der Waals surface area contributed by atoms with Crippen LogP contribution in [0.3, 0.4) is 0 Å². The normalized spacial score (nSPS) is 18.9. The maximum Gasteiger partial charge on any atom is 0.306 e. The zero-order valence-electron chi connectivity index (χ0n) is 44.3. The number of carbonyl (C=O) groups excluding carboxylic acids is 3. The summed E-state index contributed by atoms with van der Waals surface area (Å²) < 4.78 is 40.6. The van der Waals surface area contributed by atoms with E-state index in [0.29, 0.717) is 50.3 Å². The first kappa shape index (κ1) is 61.4. The second-order valence-corrected chi connectivity index (χ2v) is 20.5. The monoisotopic (exact) mass is 951 g/mol. The van der Waals surface area contributed by atoms with Gasteiger partial charge in [0.1, 0.15) is 19.3 Å². The van der Waals surface area contributed by atoms with Gasteiger partial charge in [-0.1, -0.05) is 188 Å². The van der Waals surface area contributed by atoms with Crippen LogP contribution in [0, 0.1) is 0 Å². The van der Waals surface area contributed by atoms with E-state index in [1.165, 1.54) is 103 Å². The highest BCUT2D eigenvalue weighted by Crippen LogP contribution is 2.32. The van der Waals surface area contributed by atoms with Gasteiger partial charge in [-0.25, -0.2) is 0 Å². The third-order valence-electron chi connectivity index (χ3n) is 13.8. The summed E-state index contributed by atoms with van der Waals surface area (Å²) in [6.45, 7) is 12.4. The minimum Gasteiger partial charge on any atom is -0.462 e. The Hall–Kier alpha value is -1.75. The minimum absolute atomic E-state index is 0.104. The van der Waals surface area contributed by atoms with E-state index >= 15 is 0 Å². The Morgan fingerprint density at radius 1 is 0.403 bits per heavy atom. The number of ether oxygens (including phenoxy) is 7. The lowest BCUT2D eigenvalue weighted by Crippen LogP contribution is -2.30. The quantitative estimate of drug-likeness (QED) is 0.0252. The van der Waals surface area contributed by atoms with Crippen molar-refractivity contribution < 1.29 is 47.5 Å². The summed E-state index contributed by atoms with van der Waals surface area (Å²) in [7, 11) is 0. The van der Waals surface area contributed by atoms with Crippen LogP contribution in [-0.2, 0) is 47.5 Å². The molecule has 0 aliphatic carbocycles. The molecule has 67 heavy (non-hydrogen) atoms. The molecule has 0 saturated carbocycles. The van der Waals surface area contributed by atoms with Gasteiger partial charge in [0.05, 0.1) is 37.1 Å². The Labute approximate surface area is 411 Å². The maximum atomic E-state index is 12.9. The third kappa shape index (κ3) is 37.7. The van der Waals surface area contributed by atoms with E-state index in [1.54, 1.807) is 0 Å². The summed E-state index contributed by atoms with van der Waals surface area (Å²) in [4.78, 5) is 38.3. The SMILES string of the molecule is CCCCCCCCOC(C)CCCCCCCC(=O)OC(COC(=O)CCCCCCCC(C)OCC1OC1CCCCC)COC(=O)CCCCCCCC1OC1CCCCCCCC. The fourth-order valence-corrected chi connectivity index (χ4v) is 9.07. The first-order valence-corrected chi connectivity index (χ1v) is 28.8. The van der Waals surface area contributed by atoms with Gasteiger partial charge in [0.25, 0.3) is 0 Å². The van der Waals surface area contributed by atoms with Gasteiger partial charge in [-0.15, -0.1) is 0 Å². The fraction of sp³-hybridized carbons (Fsp3) is 0.947. The van der Waals surface area contributed by atoms with Crippen molar-refractivity contribution in [3.8, 4) is 0 Å². The predicted octanol–water partition coefficient (Wildman–Crippen LogP) is 15.2. The molecule has 2 heterocycles. The van der Waals surface area contributed by atoms with Gasteiger partial charge in [0.15, 0.2) is 6.10 Å². The molecular formula is C57H106O10. The van der Waals surface area contributed by atoms with Crippen LogP contribution in [0.4, 0.5) is 0 Å². The molecule has 2 saturated heterocycles. The van der Waals surface area contributed by atoms with Crippen LogP contribution in [0.15, 0.2) is 0 Å². The molecule has 0 aromatic rings. The molecule has 2 aliphatic heterocycles. The number of rotatable bonds is 51. The summed E-state index contributed by atoms with van der Waals surface area (Å²) in [6.07, 6.45) is 42.5. The van der Waals surface area contributed by atoms with E-state index < -0.39 is 6.10 Å². The molecule has 7 atom stereocenters. The van der Waals surface area contributed by atoms with E-state index in [9.17, 15) is 14.4 Å². The number of epoxide rings is 2. The van der Waals surface area contributed by atoms with Crippen molar-refractivity contribution >= 4 is 17.9 Å². The molecule has 10 nitrogen and oxygen atoms in total. The van der Waals surface area contributed by atoms with Crippen LogP contribution >= 0.6 is 0 Å². The highest BCUT2D eigenvalue weighted by molar-refractivity contribution is 5.71. The molecule has 0 spiro atoms. The van der Waals surface area contributed by atoms with Gasteiger partial charge in [-0.2, -0.15) is 0 Å². The van der Waals surface area contributed by atoms with E-state index in [0.717, 1.165) is 129 Å². The number of hydrogen-bond donors (Lipinski definition) is 0. The Morgan fingerprint density at radius 3 is 1.27 bits per heavy atom. The zero-order valence-corrected chi connectivity index (χ0v) is 44.3. The van der Waals surface area contributed by atoms with Crippen LogP contribution in [0.1, 0.15) is 279 Å². The fourth-order valence-electron chi connectivity index (χ4n) is 9.07. The second kappa shape index (κ2) is 43.1. The van der Waals surface area contributed by atoms with Gasteiger partial charge in [-0.3, -0.25) is 14.4 Å². The molecule has 10 heteroatoms. The summed E-state index contributed by atoms with van der Waals surface area (Å²) in [6, 6.07) is 0. The third-order valence-corrected chi connectivity index (χ3v) is 13.8. The van der Waals surface area contributed by atoms with E-state index in [-0.39, 0.29) is 43.3 Å². The summed E-state index contributed by atoms with van der Waals surface area (Å²) in [5.41, 5.74) is 0. The number of hydrogen-bond acceptors (Lipinski definition) is 10. The van der Waals surface area contributed by atoms with E-state index in [2.05, 4.69) is 34.6 Å². The van der Waals surface area contributed by atoms with E-state index in [1.807, 2.05) is 0 Å². The summed E-state index contributed by atoms with van der Waals surface area (Å²) in [5, 5.41) is 0. The average molecular weight is 951 g/mol. The topological polar surface area (TPSA) is 122 Å². The molecular weight excluding hydrogens is 845 g/mol. The van der Waals surface area contributed by atoms with Crippen molar-refractivity contribution in [2.75, 3.05) is 26.4 Å². The molecule has 2 rings (SSSR count). The van der Waals surface area contributed by atoms with Gasteiger partial charge >= 0.3 is 17.9 Å². The lowest BCUT2D eigenvalue weighted by molar-refractivity contribution is -0.167. The summed E-state index contributed by atoms with van der Waals surface area (Å²) >= 11 is 0. The Kier molecular flexibility index (Phi) is 39.5. The van der Waals surface area contributed by atoms with Gasteiger partial charge < -0.3 is 33.2 Å². The van der Waals surface area contributed by atoms with Crippen molar-refractivity contribution in [3.63, 3.8) is 0 Å². The highest BCUT2D eigenvalue weighted by Gasteiger charge is 2.38. The predicted molar refractivity (Wildman–Crippen MR) is 272 cm³/mol. The van der Waals surface area contributed by atoms with Crippen LogP contribution in [0.25, 0.3) is 0 Å². The molecule has 0 bridgehead atoms. The molecule has 2 aliphatic rings. The summed E-state index contributed by atoms with van der Waals surface area (Å²) in [5.74, 6) is -0.956. The Bertz CT molecular complexity index is 1170. The van der Waals surface area contributed by atoms with Crippen molar-refractivity contribution in [2.24, 2.45) is 0 Å². The Morgan fingerprint density at radius 2 is 0.761 bits per heavy atom. The molecule has 2 fully saturated rings. The number of unbranched alkanes of at least 4 members (excludes halogenated alkanes) is 24. The van der Waals surface area contributed by atoms with Crippen molar-refractivity contribution in [2.45, 2.75) is 321 Å². The smallest absolute Gasteiger partial charge is 0.306 e. The van der Waals surface area contributed by atoms with Gasteiger partial charge in [0, 0.05) is 25.9 Å². The van der Waals surface area contributed by atoms with Crippen LogP contribution in [-0.4, -0.2) is 87.1 Å². The van der Waals surface area contributed by atoms with Crippen LogP contribution in [0.2, 0.25) is 0 Å². The Balaban J connectivity index is 1.59. The molecule has 7 unspecified atom stereocenters. The second-order valence-electron chi connectivity index (χ2n) is 20.5. The molecule has 0 N–H and O–H groups in total. The molecule has 0 aromatic carbocycles. The lowest BCUT2D eigenvalue weighted by atomic mass is 10.0. The largest absolute Gasteiger partial charge is 0.462 e. The standard InChI is InChI=1S/C57H106O10/c1-6-9-12-14-21-30-39-51-52(66-51)40-31-22-18-24-33-42-56(59)64-46-50(65-57(60)43-34-25-17-19-28-36-48(4)61-44-35-26-15-13-10-7-2)45-63-55(58)41-32-23-16-20-29-37-49(5)62-47-54-53(67-54)38-27-11-8-3/h48-54H,6-47H2,1-5H3. The first-order valence-electron chi connectivity index (χ1n) is 28.8. The van der Waals surface area contributed by atoms with Crippen molar-refractivity contribution in [1.82, 2.24) is 0 Å². The molecule has 0 aromatic heterocycles. The molecule has 0 amide bonds. The van der Waals surface area contributed by atoms with Gasteiger partial charge in [-0.05, 0) is 71.6 Å². The lowest BCUT2D eigenvalue weighted by Gasteiger charge is -2.18. The first-order chi connectivity index (χ1) is 32.7. The zero-order chi connectivity index (χ0) is 48.4. The van der Waals surface area contributed by atoms with Crippen molar-refractivity contribution in [3.05, 3.63) is 0 Å². The highest BCUT2D eigenvalue weighted by atomic mass is 16.6. The van der Waals surface area contributed by atoms with Crippen molar-refractivity contribution in [1.29, 1.82) is 0 Å². The maximum absolute atomic E-state index is 12.9. The van der Waals surface area contributed by atoms with E-state index in [4.69, 9.17) is 33.2 Å².